The smallest absolute Gasteiger partial charge is 0.184 e. The van der Waals surface area contributed by atoms with Crippen LogP contribution in [0.4, 0.5) is 0 Å². The molecular weight excluding hydrogens is 432 g/mol. The summed E-state index contributed by atoms with van der Waals surface area (Å²) in [7, 11) is 0. The molecule has 0 amide bonds. The van der Waals surface area contributed by atoms with Gasteiger partial charge in [-0.25, -0.2) is 9.97 Å². The lowest BCUT2D eigenvalue weighted by atomic mass is 10.1. The van der Waals surface area contributed by atoms with Gasteiger partial charge >= 0.3 is 0 Å². The molecule has 0 unspecified atom stereocenters. The van der Waals surface area contributed by atoms with E-state index in [1.54, 1.807) is 0 Å². The number of morpholine rings is 1. The van der Waals surface area contributed by atoms with Crippen LogP contribution in [0.2, 0.25) is 0 Å². The fourth-order valence-corrected chi connectivity index (χ4v) is 6.69. The molecule has 168 valence electrons. The number of para-hydroxylation sites is 1. The fraction of sp³-hybridized carbons (Fsp3) is 0.400. The Morgan fingerprint density at radius 1 is 1.06 bits per heavy atom. The van der Waals surface area contributed by atoms with E-state index in [9.17, 15) is 0 Å². The van der Waals surface area contributed by atoms with Crippen molar-refractivity contribution in [1.82, 2.24) is 29.0 Å². The second-order valence-electron chi connectivity index (χ2n) is 9.07. The summed E-state index contributed by atoms with van der Waals surface area (Å²) < 4.78 is 9.81. The van der Waals surface area contributed by atoms with Crippen molar-refractivity contribution in [2.24, 2.45) is 0 Å². The number of ether oxygens (including phenoxy) is 1. The lowest BCUT2D eigenvalue weighted by Gasteiger charge is -2.26. The van der Waals surface area contributed by atoms with Crippen LogP contribution >= 0.6 is 11.3 Å². The van der Waals surface area contributed by atoms with Crippen LogP contribution in [0.3, 0.4) is 0 Å². The number of fused-ring (bicyclic) bond motifs is 6. The zero-order chi connectivity index (χ0) is 21.9. The van der Waals surface area contributed by atoms with Crippen molar-refractivity contribution in [3.8, 4) is 11.4 Å². The Bertz CT molecular complexity index is 1510. The lowest BCUT2D eigenvalue weighted by Crippen LogP contribution is -2.38. The monoisotopic (exact) mass is 458 g/mol. The average Bonchev–Trinajstić information content (AvgIpc) is 3.60. The molecule has 0 N–H and O–H groups in total. The van der Waals surface area contributed by atoms with Gasteiger partial charge in [-0.05, 0) is 37.8 Å². The van der Waals surface area contributed by atoms with Crippen molar-refractivity contribution in [2.45, 2.75) is 32.7 Å². The molecule has 0 radical (unpaired) electrons. The molecule has 33 heavy (non-hydrogen) atoms. The minimum Gasteiger partial charge on any atom is -0.379 e. The first-order chi connectivity index (χ1) is 16.3. The highest BCUT2D eigenvalue weighted by atomic mass is 32.1. The highest BCUT2D eigenvalue weighted by Crippen LogP contribution is 2.39. The number of rotatable bonds is 4. The molecule has 0 saturated carbocycles. The van der Waals surface area contributed by atoms with Crippen LogP contribution in [0.15, 0.2) is 30.5 Å². The maximum absolute atomic E-state index is 5.50. The first kappa shape index (κ1) is 19.6. The Hall–Kier alpha value is -2.81. The molecule has 1 aliphatic heterocycles. The number of hydrogen-bond acceptors (Lipinski definition) is 6. The third-order valence-corrected chi connectivity index (χ3v) is 8.28. The Kier molecular flexibility index (Phi) is 4.53. The van der Waals surface area contributed by atoms with Crippen LogP contribution in [-0.2, 0) is 24.1 Å². The summed E-state index contributed by atoms with van der Waals surface area (Å²) in [5.41, 5.74) is 4.73. The van der Waals surface area contributed by atoms with E-state index in [-0.39, 0.29) is 0 Å². The third-order valence-electron chi connectivity index (χ3n) is 7.09. The molecule has 1 aromatic carbocycles. The van der Waals surface area contributed by atoms with E-state index in [4.69, 9.17) is 19.8 Å². The van der Waals surface area contributed by atoms with Crippen molar-refractivity contribution in [2.75, 3.05) is 32.8 Å². The van der Waals surface area contributed by atoms with Crippen LogP contribution in [0.5, 0.6) is 0 Å². The molecule has 7 nitrogen and oxygen atoms in total. The summed E-state index contributed by atoms with van der Waals surface area (Å²) in [6.07, 6.45) is 5.75. The molecule has 1 aliphatic carbocycles. The molecule has 0 bridgehead atoms. The highest BCUT2D eigenvalue weighted by Gasteiger charge is 2.24. The Balaban J connectivity index is 1.34. The molecule has 8 heteroatoms. The standard InChI is InChI=1S/C25H26N6OS/c1-16-26-25-22(18-6-4-8-21(18)33-25)24-27-23(28-31(16)24)19-15-30(20-7-3-2-5-17(19)20)10-9-29-11-13-32-14-12-29/h2-3,5,7,15H,4,6,8-14H2,1H3. The normalized spacial score (nSPS) is 17.0. The van der Waals surface area contributed by atoms with Crippen molar-refractivity contribution in [3.63, 3.8) is 0 Å². The first-order valence-electron chi connectivity index (χ1n) is 11.8. The van der Waals surface area contributed by atoms with E-state index >= 15 is 0 Å². The zero-order valence-electron chi connectivity index (χ0n) is 18.8. The topological polar surface area (TPSA) is 60.5 Å². The molecule has 7 rings (SSSR count). The van der Waals surface area contributed by atoms with Crippen molar-refractivity contribution < 1.29 is 4.74 Å². The predicted molar refractivity (Wildman–Crippen MR) is 131 cm³/mol. The quantitative estimate of drug-likeness (QED) is 0.406. The van der Waals surface area contributed by atoms with Crippen LogP contribution in [0, 0.1) is 6.92 Å². The van der Waals surface area contributed by atoms with Crippen LogP contribution < -0.4 is 0 Å². The number of aryl methyl sites for hydroxylation is 3. The van der Waals surface area contributed by atoms with E-state index in [1.807, 2.05) is 22.8 Å². The van der Waals surface area contributed by atoms with Gasteiger partial charge in [0.05, 0.1) is 18.6 Å². The van der Waals surface area contributed by atoms with E-state index in [0.29, 0.717) is 0 Å². The van der Waals surface area contributed by atoms with Crippen LogP contribution in [0.25, 0.3) is 38.2 Å². The Labute approximate surface area is 195 Å². The van der Waals surface area contributed by atoms with Gasteiger partial charge in [-0.3, -0.25) is 4.90 Å². The Morgan fingerprint density at radius 2 is 1.94 bits per heavy atom. The van der Waals surface area contributed by atoms with Gasteiger partial charge in [-0.1, -0.05) is 18.2 Å². The number of aromatic nitrogens is 5. The average molecular weight is 459 g/mol. The SMILES string of the molecule is Cc1nc2sc3c(c2c2nc(-c4cn(CCN5CCOCC5)c5ccccc45)nn12)CCC3. The largest absolute Gasteiger partial charge is 0.379 e. The van der Waals surface area contributed by atoms with Gasteiger partial charge in [0.1, 0.15) is 10.7 Å². The summed E-state index contributed by atoms with van der Waals surface area (Å²) in [4.78, 5) is 15.1. The van der Waals surface area contributed by atoms with Crippen LogP contribution in [0.1, 0.15) is 22.7 Å². The van der Waals surface area contributed by atoms with E-state index in [1.165, 1.54) is 39.6 Å². The molecule has 2 aliphatic rings. The summed E-state index contributed by atoms with van der Waals surface area (Å²) >= 11 is 1.84. The van der Waals surface area contributed by atoms with E-state index in [0.717, 1.165) is 73.5 Å². The van der Waals surface area contributed by atoms with Crippen molar-refractivity contribution in [3.05, 3.63) is 46.7 Å². The molecule has 1 fully saturated rings. The molecule has 4 aromatic heterocycles. The zero-order valence-corrected chi connectivity index (χ0v) is 19.6. The van der Waals surface area contributed by atoms with Gasteiger partial charge < -0.3 is 9.30 Å². The van der Waals surface area contributed by atoms with Gasteiger partial charge in [0, 0.05) is 53.7 Å². The highest BCUT2D eigenvalue weighted by molar-refractivity contribution is 7.19. The van der Waals surface area contributed by atoms with Gasteiger partial charge in [-0.2, -0.15) is 4.52 Å². The molecule has 5 heterocycles. The summed E-state index contributed by atoms with van der Waals surface area (Å²) in [6.45, 7) is 7.66. The summed E-state index contributed by atoms with van der Waals surface area (Å²) in [5.74, 6) is 1.68. The minimum atomic E-state index is 0.784. The number of thiophene rings is 1. The first-order valence-corrected chi connectivity index (χ1v) is 12.6. The molecule has 0 spiro atoms. The number of benzene rings is 1. The fourth-order valence-electron chi connectivity index (χ4n) is 5.39. The maximum atomic E-state index is 5.50. The van der Waals surface area contributed by atoms with Gasteiger partial charge in [0.25, 0.3) is 0 Å². The van der Waals surface area contributed by atoms with E-state index in [2.05, 4.69) is 39.9 Å². The van der Waals surface area contributed by atoms with Crippen molar-refractivity contribution >= 4 is 38.1 Å². The summed E-state index contributed by atoms with van der Waals surface area (Å²) in [6, 6.07) is 8.60. The van der Waals surface area contributed by atoms with Gasteiger partial charge in [0.15, 0.2) is 11.5 Å². The minimum absolute atomic E-state index is 0.784. The number of hydrogen-bond donors (Lipinski definition) is 0. The Morgan fingerprint density at radius 3 is 2.85 bits per heavy atom. The third kappa shape index (κ3) is 3.12. The molecule has 0 atom stereocenters. The lowest BCUT2D eigenvalue weighted by molar-refractivity contribution is 0.0365. The van der Waals surface area contributed by atoms with Crippen molar-refractivity contribution in [1.29, 1.82) is 0 Å². The van der Waals surface area contributed by atoms with E-state index < -0.39 is 0 Å². The molecule has 5 aromatic rings. The molecular formula is C25H26N6OS. The second kappa shape index (κ2) is 7.62. The van der Waals surface area contributed by atoms with Crippen LogP contribution in [-0.4, -0.2) is 61.9 Å². The number of nitrogens with zero attached hydrogens (tertiary/aromatic N) is 6. The summed E-state index contributed by atoms with van der Waals surface area (Å²) in [5, 5.41) is 7.38. The second-order valence-corrected chi connectivity index (χ2v) is 10.2. The maximum Gasteiger partial charge on any atom is 0.184 e. The van der Waals surface area contributed by atoms with Gasteiger partial charge in [0.2, 0.25) is 0 Å². The van der Waals surface area contributed by atoms with Gasteiger partial charge in [-0.15, -0.1) is 16.4 Å². The predicted octanol–water partition coefficient (Wildman–Crippen LogP) is 4.09. The molecule has 1 saturated heterocycles.